The highest BCUT2D eigenvalue weighted by molar-refractivity contribution is 5.67. The summed E-state index contributed by atoms with van der Waals surface area (Å²) < 4.78 is 10.2. The standard InChI is InChI=1S/C12H20N2O5/c1-13-11(16)18-9-4-3-8(15)7-10(6-5-9)19-12(17)14-2/h5-6,8-10,15H,3-4,7H2,1-2H3,(H,13,16)(H,14,17)/b6-5+. The van der Waals surface area contributed by atoms with E-state index in [2.05, 4.69) is 10.6 Å². The molecule has 0 aliphatic heterocycles. The Morgan fingerprint density at radius 1 is 1.05 bits per heavy atom. The van der Waals surface area contributed by atoms with Gasteiger partial charge >= 0.3 is 12.2 Å². The molecule has 108 valence electrons. The number of nitrogens with one attached hydrogen (secondary N) is 2. The molecule has 0 aromatic carbocycles. The maximum absolute atomic E-state index is 11.1. The van der Waals surface area contributed by atoms with Gasteiger partial charge in [-0.2, -0.15) is 0 Å². The Hall–Kier alpha value is -1.76. The van der Waals surface area contributed by atoms with E-state index in [-0.39, 0.29) is 0 Å². The number of alkyl carbamates (subject to hydrolysis) is 2. The van der Waals surface area contributed by atoms with E-state index < -0.39 is 30.5 Å². The molecule has 7 heteroatoms. The van der Waals surface area contributed by atoms with Gasteiger partial charge in [-0.3, -0.25) is 0 Å². The summed E-state index contributed by atoms with van der Waals surface area (Å²) in [5.74, 6) is 0. The number of carbonyl (C=O) groups excluding carboxylic acids is 2. The van der Waals surface area contributed by atoms with E-state index in [1.807, 2.05) is 0 Å². The van der Waals surface area contributed by atoms with E-state index >= 15 is 0 Å². The molecule has 0 bridgehead atoms. The summed E-state index contributed by atoms with van der Waals surface area (Å²) in [4.78, 5) is 22.3. The Bertz CT molecular complexity index is 345. The topological polar surface area (TPSA) is 96.9 Å². The van der Waals surface area contributed by atoms with Crippen molar-refractivity contribution in [1.82, 2.24) is 10.6 Å². The van der Waals surface area contributed by atoms with Crippen LogP contribution in [0.2, 0.25) is 0 Å². The number of aliphatic hydroxyl groups excluding tert-OH is 1. The van der Waals surface area contributed by atoms with Gasteiger partial charge in [-0.05, 0) is 25.0 Å². The van der Waals surface area contributed by atoms with Crippen molar-refractivity contribution < 1.29 is 24.2 Å². The first kappa shape index (κ1) is 15.3. The van der Waals surface area contributed by atoms with Gasteiger partial charge in [-0.15, -0.1) is 0 Å². The molecule has 0 fully saturated rings. The number of rotatable bonds is 2. The minimum absolute atomic E-state index is 0.330. The van der Waals surface area contributed by atoms with E-state index in [1.165, 1.54) is 14.1 Å². The van der Waals surface area contributed by atoms with Crippen LogP contribution in [0, 0.1) is 0 Å². The molecule has 0 saturated heterocycles. The molecule has 0 spiro atoms. The molecule has 3 unspecified atom stereocenters. The van der Waals surface area contributed by atoms with Gasteiger partial charge in [0.2, 0.25) is 0 Å². The lowest BCUT2D eigenvalue weighted by atomic mass is 10.00. The molecule has 19 heavy (non-hydrogen) atoms. The monoisotopic (exact) mass is 272 g/mol. The van der Waals surface area contributed by atoms with Crippen LogP contribution in [-0.2, 0) is 9.47 Å². The van der Waals surface area contributed by atoms with Crippen molar-refractivity contribution in [3.63, 3.8) is 0 Å². The second-order valence-corrected chi connectivity index (χ2v) is 4.24. The lowest BCUT2D eigenvalue weighted by molar-refractivity contribution is 0.0550. The van der Waals surface area contributed by atoms with Gasteiger partial charge in [-0.25, -0.2) is 9.59 Å². The van der Waals surface area contributed by atoms with Crippen LogP contribution in [0.1, 0.15) is 19.3 Å². The molecule has 1 aliphatic carbocycles. The summed E-state index contributed by atoms with van der Waals surface area (Å²) in [6.07, 6.45) is 1.96. The third-order valence-electron chi connectivity index (χ3n) is 2.75. The van der Waals surface area contributed by atoms with Crippen LogP contribution in [0.5, 0.6) is 0 Å². The van der Waals surface area contributed by atoms with Crippen LogP contribution < -0.4 is 10.6 Å². The van der Waals surface area contributed by atoms with Crippen LogP contribution in [0.15, 0.2) is 12.2 Å². The van der Waals surface area contributed by atoms with Crippen LogP contribution >= 0.6 is 0 Å². The van der Waals surface area contributed by atoms with Gasteiger partial charge in [-0.1, -0.05) is 0 Å². The summed E-state index contributed by atoms with van der Waals surface area (Å²) in [5.41, 5.74) is 0. The van der Waals surface area contributed by atoms with Crippen molar-refractivity contribution in [1.29, 1.82) is 0 Å². The molecule has 0 heterocycles. The molecule has 3 N–H and O–H groups in total. The Labute approximate surface area is 112 Å². The molecule has 7 nitrogen and oxygen atoms in total. The summed E-state index contributed by atoms with van der Waals surface area (Å²) in [7, 11) is 2.93. The van der Waals surface area contributed by atoms with Gasteiger partial charge in [0.05, 0.1) is 6.10 Å². The number of hydrogen-bond donors (Lipinski definition) is 3. The van der Waals surface area contributed by atoms with Crippen molar-refractivity contribution in [2.75, 3.05) is 14.1 Å². The molecular formula is C12H20N2O5. The summed E-state index contributed by atoms with van der Waals surface area (Å²) in [6.45, 7) is 0. The smallest absolute Gasteiger partial charge is 0.407 e. The zero-order valence-electron chi connectivity index (χ0n) is 11.1. The second-order valence-electron chi connectivity index (χ2n) is 4.24. The minimum atomic E-state index is -0.601. The molecule has 2 amide bonds. The molecule has 0 aromatic rings. The Balaban J connectivity index is 2.64. The number of hydrogen-bond acceptors (Lipinski definition) is 5. The van der Waals surface area contributed by atoms with Gasteiger partial charge in [0.15, 0.2) is 0 Å². The van der Waals surface area contributed by atoms with Crippen molar-refractivity contribution >= 4 is 12.2 Å². The molecule has 1 aliphatic rings. The largest absolute Gasteiger partial charge is 0.442 e. The average molecular weight is 272 g/mol. The first-order chi connectivity index (χ1) is 9.05. The van der Waals surface area contributed by atoms with Gasteiger partial charge in [0.25, 0.3) is 0 Å². The van der Waals surface area contributed by atoms with Crippen molar-refractivity contribution in [3.05, 3.63) is 12.2 Å². The number of ether oxygens (including phenoxy) is 2. The predicted octanol–water partition coefficient (Wildman–Crippen LogP) is 0.537. The minimum Gasteiger partial charge on any atom is -0.442 e. The highest BCUT2D eigenvalue weighted by Gasteiger charge is 2.21. The molecular weight excluding hydrogens is 252 g/mol. The second kappa shape index (κ2) is 7.63. The highest BCUT2D eigenvalue weighted by Crippen LogP contribution is 2.17. The third kappa shape index (κ3) is 5.60. The van der Waals surface area contributed by atoms with Gasteiger partial charge in [0.1, 0.15) is 12.2 Å². The number of amides is 2. The maximum atomic E-state index is 11.1. The van der Waals surface area contributed by atoms with Gasteiger partial charge in [0, 0.05) is 20.5 Å². The van der Waals surface area contributed by atoms with Crippen molar-refractivity contribution in [2.45, 2.75) is 37.6 Å². The first-order valence-corrected chi connectivity index (χ1v) is 6.18. The fourth-order valence-corrected chi connectivity index (χ4v) is 1.74. The Morgan fingerprint density at radius 2 is 1.58 bits per heavy atom. The lowest BCUT2D eigenvalue weighted by Crippen LogP contribution is -2.31. The van der Waals surface area contributed by atoms with Gasteiger partial charge < -0.3 is 25.2 Å². The zero-order chi connectivity index (χ0) is 14.3. The third-order valence-corrected chi connectivity index (χ3v) is 2.75. The SMILES string of the molecule is CNC(=O)OC1/C=C/C(OC(=O)NC)CC(O)CC1. The van der Waals surface area contributed by atoms with Crippen molar-refractivity contribution in [2.24, 2.45) is 0 Å². The first-order valence-electron chi connectivity index (χ1n) is 6.18. The van der Waals surface area contributed by atoms with E-state index in [0.717, 1.165) is 0 Å². The van der Waals surface area contributed by atoms with Crippen LogP contribution in [0.3, 0.4) is 0 Å². The fraction of sp³-hybridized carbons (Fsp3) is 0.667. The van der Waals surface area contributed by atoms with Crippen LogP contribution in [-0.4, -0.2) is 49.7 Å². The maximum Gasteiger partial charge on any atom is 0.407 e. The van der Waals surface area contributed by atoms with Crippen LogP contribution in [0.25, 0.3) is 0 Å². The zero-order valence-corrected chi connectivity index (χ0v) is 11.1. The fourth-order valence-electron chi connectivity index (χ4n) is 1.74. The van der Waals surface area contributed by atoms with E-state index in [9.17, 15) is 14.7 Å². The van der Waals surface area contributed by atoms with E-state index in [0.29, 0.717) is 19.3 Å². The van der Waals surface area contributed by atoms with E-state index in [4.69, 9.17) is 9.47 Å². The Morgan fingerprint density at radius 3 is 2.16 bits per heavy atom. The molecule has 0 aromatic heterocycles. The lowest BCUT2D eigenvalue weighted by Gasteiger charge is -2.23. The van der Waals surface area contributed by atoms with Crippen molar-refractivity contribution in [3.8, 4) is 0 Å². The van der Waals surface area contributed by atoms with Crippen LogP contribution in [0.4, 0.5) is 9.59 Å². The number of aliphatic hydroxyl groups is 1. The molecule has 1 rings (SSSR count). The quantitative estimate of drug-likeness (QED) is 0.637. The molecule has 3 atom stereocenters. The average Bonchev–Trinajstić information content (AvgIpc) is 2.39. The Kier molecular flexibility index (Phi) is 6.14. The number of carbonyl (C=O) groups is 2. The predicted molar refractivity (Wildman–Crippen MR) is 67.7 cm³/mol. The van der Waals surface area contributed by atoms with E-state index in [1.54, 1.807) is 12.2 Å². The normalized spacial score (nSPS) is 28.5. The molecule has 0 radical (unpaired) electrons. The summed E-state index contributed by atoms with van der Waals surface area (Å²) in [6, 6.07) is 0. The molecule has 0 saturated carbocycles. The highest BCUT2D eigenvalue weighted by atomic mass is 16.6. The summed E-state index contributed by atoms with van der Waals surface area (Å²) >= 11 is 0. The summed E-state index contributed by atoms with van der Waals surface area (Å²) in [5, 5.41) is 14.5.